The molecule has 0 aliphatic rings. The van der Waals surface area contributed by atoms with E-state index in [1.165, 1.54) is 0 Å². The van der Waals surface area contributed by atoms with E-state index in [0.717, 1.165) is 0 Å². The lowest BCUT2D eigenvalue weighted by molar-refractivity contribution is -0.322. The summed E-state index contributed by atoms with van der Waals surface area (Å²) in [6.45, 7) is 0. The van der Waals surface area contributed by atoms with E-state index in [2.05, 4.69) is 0 Å². The van der Waals surface area contributed by atoms with Gasteiger partial charge in [-0.05, 0) is 4.53 Å². The highest BCUT2D eigenvalue weighted by atomic mass is 19.4. The van der Waals surface area contributed by atoms with Gasteiger partial charge in [0.25, 0.3) is 12.5 Å². The molecule has 70 valence electrons. The molecule has 0 saturated carbocycles. The number of alkyl halides is 5. The lowest BCUT2D eigenvalue weighted by Crippen LogP contribution is -2.36. The van der Waals surface area contributed by atoms with E-state index in [4.69, 9.17) is 2.74 Å². The number of hydrogen-bond acceptors (Lipinski definition) is 1. The monoisotopic (exact) mass is 188 g/mol. The zero-order valence-electron chi connectivity index (χ0n) is 6.68. The van der Waals surface area contributed by atoms with E-state index >= 15 is 0 Å². The molecule has 0 heterocycles. The molecule has 0 fully saturated rings. The third-order valence-electron chi connectivity index (χ3n) is 0.506. The number of hydrogen-bond donors (Lipinski definition) is 0. The van der Waals surface area contributed by atoms with Gasteiger partial charge < -0.3 is 5.48 Å². The summed E-state index contributed by atoms with van der Waals surface area (Å²) >= 11 is 0. The van der Waals surface area contributed by atoms with Crippen molar-refractivity contribution in [2.75, 3.05) is 0 Å². The summed E-state index contributed by atoms with van der Waals surface area (Å²) < 4.78 is 80.0. The van der Waals surface area contributed by atoms with Crippen LogP contribution in [0.15, 0.2) is 0 Å². The van der Waals surface area contributed by atoms with Gasteiger partial charge in [-0.3, -0.25) is 0 Å². The maximum absolute atomic E-state index is 11.7. The molecule has 1 atom stereocenters. The topological polar surface area (TPSA) is 40.7 Å². The van der Waals surface area contributed by atoms with Crippen molar-refractivity contribution in [3.05, 3.63) is 0 Å². The molecule has 8 heteroatoms. The minimum absolute atomic E-state index is 0. The van der Waals surface area contributed by atoms with Crippen molar-refractivity contribution in [3.8, 4) is 0 Å². The van der Waals surface area contributed by atoms with Crippen LogP contribution in [-0.2, 0) is 4.94 Å². The third-order valence-corrected chi connectivity index (χ3v) is 0.506. The van der Waals surface area contributed by atoms with Gasteiger partial charge in [0.15, 0.2) is 0 Å². The molecule has 1 unspecified atom stereocenters. The van der Waals surface area contributed by atoms with E-state index in [9.17, 15) is 26.5 Å². The van der Waals surface area contributed by atoms with Gasteiger partial charge >= 0.3 is 6.18 Å². The van der Waals surface area contributed by atoms with Gasteiger partial charge in [-0.25, -0.2) is 8.78 Å². The second-order valence-electron chi connectivity index (χ2n) is 1.16. The summed E-state index contributed by atoms with van der Waals surface area (Å²) in [4.78, 5) is 1.77. The van der Waals surface area contributed by atoms with Crippen molar-refractivity contribution in [3.63, 3.8) is 0 Å². The first-order valence-electron chi connectivity index (χ1n) is 2.80. The minimum atomic E-state index is -5.98. The van der Waals surface area contributed by atoms with Crippen LogP contribution in [0.1, 0.15) is 2.74 Å². The zero-order valence-corrected chi connectivity index (χ0v) is 4.68. The van der Waals surface area contributed by atoms with E-state index in [-0.39, 0.29) is 5.48 Å². The van der Waals surface area contributed by atoms with Crippen LogP contribution in [0.4, 0.5) is 26.5 Å². The highest BCUT2D eigenvalue weighted by Gasteiger charge is 2.48. The lowest BCUT2D eigenvalue weighted by Gasteiger charge is -2.13. The van der Waals surface area contributed by atoms with Crippen LogP contribution < -0.4 is 0 Å². The molecule has 2 nitrogen and oxygen atoms in total. The molecule has 0 aromatic rings. The molecule has 0 amide bonds. The van der Waals surface area contributed by atoms with Crippen molar-refractivity contribution in [2.45, 2.75) is 18.7 Å². The van der Waals surface area contributed by atoms with Crippen molar-refractivity contribution in [2.24, 2.45) is 0 Å². The zero-order chi connectivity index (χ0) is 10.2. The fourth-order valence-corrected chi connectivity index (χ4v) is 0.180. The Balaban J connectivity index is 0. The molecule has 0 aliphatic carbocycles. The first-order chi connectivity index (χ1) is 5.06. The number of rotatable bonds is 2. The molecule has 0 bridgehead atoms. The van der Waals surface area contributed by atoms with Crippen LogP contribution in [-0.4, -0.2) is 24.1 Å². The molecule has 0 aromatic heterocycles. The Bertz CT molecular complexity index is 150. The van der Waals surface area contributed by atoms with Crippen molar-refractivity contribution >= 4 is 0 Å². The van der Waals surface area contributed by atoms with Crippen LogP contribution >= 0.6 is 0 Å². The predicted molar refractivity (Wildman–Crippen MR) is 21.7 cm³/mol. The fourth-order valence-electron chi connectivity index (χ4n) is 0.180. The Labute approximate surface area is 59.8 Å². The second kappa shape index (κ2) is 4.39. The molecule has 2 N–H and O–H groups in total. The lowest BCUT2D eigenvalue weighted by atomic mass is 10.4. The smallest absolute Gasteiger partial charge is 0.412 e. The highest BCUT2D eigenvalue weighted by molar-refractivity contribution is 4.67. The van der Waals surface area contributed by atoms with Crippen molar-refractivity contribution < 1.29 is 39.6 Å². The van der Waals surface area contributed by atoms with E-state index in [1.807, 2.05) is 0 Å². The molecular weight excluding hydrogens is 182 g/mol. The van der Waals surface area contributed by atoms with E-state index in [0.29, 0.717) is 0 Å². The number of halogens is 6. The van der Waals surface area contributed by atoms with E-state index < -0.39 is 18.7 Å². The summed E-state index contributed by atoms with van der Waals surface area (Å²) in [6.07, 6.45) is -16.6. The maximum Gasteiger partial charge on any atom is 0.423 e. The van der Waals surface area contributed by atoms with Gasteiger partial charge in [-0.1, -0.05) is 0 Å². The molecule has 0 spiro atoms. The van der Waals surface area contributed by atoms with Crippen LogP contribution in [0, 0.1) is 0 Å². The SMILES string of the molecule is O.[2H]C(F)(F)C([2H])(OF)C(F)(F)F. The Morgan fingerprint density at radius 3 is 1.64 bits per heavy atom. The summed E-state index contributed by atoms with van der Waals surface area (Å²) in [5, 5.41) is 0. The Morgan fingerprint density at radius 2 is 1.64 bits per heavy atom. The standard InChI is InChI=1S/C3H2F6O.H2O/c4-2(5)1(10-9)3(6,7)8;/h1-2H;1H2/i1D,2D;. The minimum Gasteiger partial charge on any atom is -0.412 e. The molecule has 0 aromatic carbocycles. The van der Waals surface area contributed by atoms with E-state index in [1.54, 1.807) is 4.94 Å². The van der Waals surface area contributed by atoms with Crippen molar-refractivity contribution in [1.29, 1.82) is 0 Å². The maximum atomic E-state index is 11.7. The third kappa shape index (κ3) is 4.04. The van der Waals surface area contributed by atoms with Crippen molar-refractivity contribution in [1.82, 2.24) is 0 Å². The second-order valence-corrected chi connectivity index (χ2v) is 1.16. The molecular formula is C3H4F6O2. The van der Waals surface area contributed by atoms with Gasteiger partial charge in [0, 0.05) is 0 Å². The normalized spacial score (nSPS) is 20.9. The Morgan fingerprint density at radius 1 is 1.27 bits per heavy atom. The van der Waals surface area contributed by atoms with Crippen LogP contribution in [0.3, 0.4) is 0 Å². The van der Waals surface area contributed by atoms with Crippen LogP contribution in [0.25, 0.3) is 0 Å². The first-order valence-corrected chi connectivity index (χ1v) is 1.80. The van der Waals surface area contributed by atoms with Gasteiger partial charge in [-0.15, -0.1) is 0 Å². The molecule has 0 rings (SSSR count). The predicted octanol–water partition coefficient (Wildman–Crippen LogP) is 1.26. The van der Waals surface area contributed by atoms with Gasteiger partial charge in [-0.2, -0.15) is 18.1 Å². The summed E-state index contributed by atoms with van der Waals surface area (Å²) in [5.74, 6) is 0. The Hall–Kier alpha value is -0.500. The molecule has 0 radical (unpaired) electrons. The van der Waals surface area contributed by atoms with Gasteiger partial charge in [0.05, 0.1) is 1.37 Å². The van der Waals surface area contributed by atoms with Crippen LogP contribution in [0.5, 0.6) is 0 Å². The Kier molecular flexibility index (Phi) is 3.43. The molecule has 11 heavy (non-hydrogen) atoms. The molecule has 0 aliphatic heterocycles. The quantitative estimate of drug-likeness (QED) is 0.601. The average molecular weight is 188 g/mol. The first kappa shape index (κ1) is 8.60. The average Bonchev–Trinajstić information content (AvgIpc) is 1.81. The fraction of sp³-hybridized carbons (Fsp3) is 1.00. The molecule has 0 saturated heterocycles. The van der Waals surface area contributed by atoms with Crippen LogP contribution in [0.2, 0.25) is 0 Å². The van der Waals surface area contributed by atoms with Gasteiger partial charge in [0.2, 0.25) is 0 Å². The largest absolute Gasteiger partial charge is 0.423 e. The highest BCUT2D eigenvalue weighted by Crippen LogP contribution is 2.27. The summed E-state index contributed by atoms with van der Waals surface area (Å²) in [7, 11) is 0. The summed E-state index contributed by atoms with van der Waals surface area (Å²) in [6, 6.07) is 0. The summed E-state index contributed by atoms with van der Waals surface area (Å²) in [5.41, 5.74) is 0. The van der Waals surface area contributed by atoms with Gasteiger partial charge in [0.1, 0.15) is 1.37 Å².